The second-order valence-electron chi connectivity index (χ2n) is 8.04. The first kappa shape index (κ1) is 24.0. The van der Waals surface area contributed by atoms with Crippen LogP contribution >= 0.6 is 11.6 Å². The number of aromatic nitrogens is 4. The van der Waals surface area contributed by atoms with Gasteiger partial charge in [-0.3, -0.25) is 9.36 Å². The number of carbonyl (C=O) groups excluding carboxylic acids is 1. The monoisotopic (exact) mass is 466 g/mol. The molecule has 1 aromatic carbocycles. The summed E-state index contributed by atoms with van der Waals surface area (Å²) in [6.07, 6.45) is 4.16. The Morgan fingerprint density at radius 2 is 2.06 bits per heavy atom. The van der Waals surface area contributed by atoms with Crippen LogP contribution < -0.4 is 16.0 Å². The Bertz CT molecular complexity index is 1170. The quantitative estimate of drug-likeness (QED) is 0.405. The van der Waals surface area contributed by atoms with Crippen LogP contribution in [0.2, 0.25) is 5.02 Å². The summed E-state index contributed by atoms with van der Waals surface area (Å²) in [6.45, 7) is 13.4. The Hall–Kier alpha value is -3.64. The van der Waals surface area contributed by atoms with Crippen molar-refractivity contribution >= 4 is 35.0 Å². The molecule has 0 fully saturated rings. The Morgan fingerprint density at radius 3 is 2.67 bits per heavy atom. The van der Waals surface area contributed by atoms with Gasteiger partial charge < -0.3 is 16.0 Å². The Kier molecular flexibility index (Phi) is 7.85. The molecule has 0 saturated carbocycles. The minimum atomic E-state index is -0.511. The number of nitrogens with one attached hydrogen (secondary N) is 3. The van der Waals surface area contributed by atoms with Crippen molar-refractivity contribution in [1.29, 1.82) is 0 Å². The Labute approximate surface area is 198 Å². The van der Waals surface area contributed by atoms with E-state index in [1.165, 1.54) is 0 Å². The number of benzene rings is 1. The molecule has 0 aliphatic rings. The number of rotatable bonds is 9. The zero-order valence-electron chi connectivity index (χ0n) is 19.1. The van der Waals surface area contributed by atoms with Crippen LogP contribution in [0.1, 0.15) is 31.5 Å². The lowest BCUT2D eigenvalue weighted by atomic mass is 10.0. The molecule has 172 valence electrons. The molecule has 9 nitrogen and oxygen atoms in total. The van der Waals surface area contributed by atoms with E-state index < -0.39 is 6.04 Å². The van der Waals surface area contributed by atoms with E-state index in [4.69, 9.17) is 18.2 Å². The molecule has 3 N–H and O–H groups in total. The SMILES string of the molecule is [C-]#[N+]c1ccc(CNC(=O)C(CC(C)C)Nc2cc(-n3cnc(C)c3)nc(NC)n2)c(Cl)c1. The fourth-order valence-electron chi connectivity index (χ4n) is 3.24. The summed E-state index contributed by atoms with van der Waals surface area (Å²) in [5.41, 5.74) is 2.08. The molecule has 0 aliphatic heterocycles. The summed E-state index contributed by atoms with van der Waals surface area (Å²) in [6, 6.07) is 6.30. The second-order valence-corrected chi connectivity index (χ2v) is 8.45. The Balaban J connectivity index is 1.78. The summed E-state index contributed by atoms with van der Waals surface area (Å²) in [4.78, 5) is 29.6. The molecule has 1 atom stereocenters. The lowest BCUT2D eigenvalue weighted by Crippen LogP contribution is -2.40. The van der Waals surface area contributed by atoms with Gasteiger partial charge in [-0.1, -0.05) is 37.6 Å². The highest BCUT2D eigenvalue weighted by molar-refractivity contribution is 6.31. The van der Waals surface area contributed by atoms with Gasteiger partial charge in [-0.25, -0.2) is 9.83 Å². The summed E-state index contributed by atoms with van der Waals surface area (Å²) in [5.74, 6) is 1.69. The van der Waals surface area contributed by atoms with E-state index in [9.17, 15) is 4.79 Å². The zero-order valence-corrected chi connectivity index (χ0v) is 19.8. The molecular weight excluding hydrogens is 440 g/mol. The van der Waals surface area contributed by atoms with Crippen LogP contribution in [0.15, 0.2) is 36.8 Å². The number of anilines is 2. The first-order valence-corrected chi connectivity index (χ1v) is 10.9. The van der Waals surface area contributed by atoms with Gasteiger partial charge in [-0.2, -0.15) is 9.97 Å². The maximum atomic E-state index is 13.1. The van der Waals surface area contributed by atoms with Crippen molar-refractivity contribution in [2.45, 2.75) is 39.8 Å². The van der Waals surface area contributed by atoms with E-state index in [2.05, 4.69) is 49.6 Å². The van der Waals surface area contributed by atoms with Gasteiger partial charge in [0.2, 0.25) is 11.9 Å². The minimum Gasteiger partial charge on any atom is -0.358 e. The van der Waals surface area contributed by atoms with Crippen LogP contribution in [0.25, 0.3) is 10.7 Å². The van der Waals surface area contributed by atoms with E-state index in [1.807, 2.05) is 13.1 Å². The summed E-state index contributed by atoms with van der Waals surface area (Å²) < 4.78 is 1.80. The molecule has 0 saturated heterocycles. The maximum Gasteiger partial charge on any atom is 0.242 e. The number of hydrogen-bond acceptors (Lipinski definition) is 6. The molecule has 2 heterocycles. The van der Waals surface area contributed by atoms with E-state index in [1.54, 1.807) is 42.2 Å². The highest BCUT2D eigenvalue weighted by Gasteiger charge is 2.21. The van der Waals surface area contributed by atoms with E-state index in [0.29, 0.717) is 34.7 Å². The van der Waals surface area contributed by atoms with Gasteiger partial charge in [-0.05, 0) is 30.9 Å². The number of hydrogen-bond donors (Lipinski definition) is 3. The van der Waals surface area contributed by atoms with E-state index >= 15 is 0 Å². The van der Waals surface area contributed by atoms with Crippen LogP contribution in [0.4, 0.5) is 17.5 Å². The van der Waals surface area contributed by atoms with Crippen molar-refractivity contribution < 1.29 is 4.79 Å². The largest absolute Gasteiger partial charge is 0.358 e. The average molecular weight is 467 g/mol. The normalized spacial score (nSPS) is 11.7. The number of amides is 1. The fraction of sp³-hybridized carbons (Fsp3) is 0.348. The first-order chi connectivity index (χ1) is 15.8. The smallest absolute Gasteiger partial charge is 0.242 e. The third kappa shape index (κ3) is 6.43. The molecule has 0 radical (unpaired) electrons. The zero-order chi connectivity index (χ0) is 24.0. The van der Waals surface area contributed by atoms with Crippen LogP contribution in [0, 0.1) is 19.4 Å². The molecule has 33 heavy (non-hydrogen) atoms. The number of imidazole rings is 1. The molecule has 2 aromatic heterocycles. The highest BCUT2D eigenvalue weighted by atomic mass is 35.5. The third-order valence-electron chi connectivity index (χ3n) is 4.88. The van der Waals surface area contributed by atoms with Gasteiger partial charge in [0.15, 0.2) is 5.69 Å². The van der Waals surface area contributed by atoms with Crippen molar-refractivity contribution in [1.82, 2.24) is 24.8 Å². The van der Waals surface area contributed by atoms with Crippen molar-refractivity contribution in [3.63, 3.8) is 0 Å². The lowest BCUT2D eigenvalue weighted by molar-refractivity contribution is -0.122. The van der Waals surface area contributed by atoms with Crippen LogP contribution in [0.5, 0.6) is 0 Å². The van der Waals surface area contributed by atoms with E-state index in [-0.39, 0.29) is 18.4 Å². The molecule has 1 unspecified atom stereocenters. The summed E-state index contributed by atoms with van der Waals surface area (Å²) in [7, 11) is 1.74. The fourth-order valence-corrected chi connectivity index (χ4v) is 3.48. The minimum absolute atomic E-state index is 0.168. The topological polar surface area (TPSA) is 101 Å². The van der Waals surface area contributed by atoms with Gasteiger partial charge in [0.1, 0.15) is 24.0 Å². The third-order valence-corrected chi connectivity index (χ3v) is 5.23. The summed E-state index contributed by atoms with van der Waals surface area (Å²) in [5, 5.41) is 9.61. The molecule has 0 bridgehead atoms. The number of nitrogens with zero attached hydrogens (tertiary/aromatic N) is 5. The number of halogens is 1. The van der Waals surface area contributed by atoms with Crippen LogP contribution in [0.3, 0.4) is 0 Å². The van der Waals surface area contributed by atoms with E-state index in [0.717, 1.165) is 11.3 Å². The van der Waals surface area contributed by atoms with Crippen LogP contribution in [-0.4, -0.2) is 38.5 Å². The summed E-state index contributed by atoms with van der Waals surface area (Å²) >= 11 is 6.25. The molecule has 3 aromatic rings. The van der Waals surface area contributed by atoms with Crippen LogP contribution in [-0.2, 0) is 11.3 Å². The van der Waals surface area contributed by atoms with Gasteiger partial charge in [0, 0.05) is 30.9 Å². The number of carbonyl (C=O) groups is 1. The molecule has 0 spiro atoms. The maximum absolute atomic E-state index is 13.1. The van der Waals surface area contributed by atoms with Crippen molar-refractivity contribution in [2.24, 2.45) is 5.92 Å². The van der Waals surface area contributed by atoms with Crippen molar-refractivity contribution in [3.8, 4) is 5.82 Å². The lowest BCUT2D eigenvalue weighted by Gasteiger charge is -2.21. The average Bonchev–Trinajstić information content (AvgIpc) is 3.23. The molecule has 0 aliphatic carbocycles. The predicted molar refractivity (Wildman–Crippen MR) is 130 cm³/mol. The second kappa shape index (κ2) is 10.8. The first-order valence-electron chi connectivity index (χ1n) is 10.6. The molecule has 3 rings (SSSR count). The van der Waals surface area contributed by atoms with Gasteiger partial charge in [0.25, 0.3) is 0 Å². The predicted octanol–water partition coefficient (Wildman–Crippen LogP) is 4.36. The van der Waals surface area contributed by atoms with Gasteiger partial charge in [0.05, 0.1) is 12.3 Å². The Morgan fingerprint density at radius 1 is 1.27 bits per heavy atom. The number of aryl methyl sites for hydroxylation is 1. The van der Waals surface area contributed by atoms with Crippen molar-refractivity contribution in [3.05, 3.63) is 64.5 Å². The molecule has 1 amide bonds. The van der Waals surface area contributed by atoms with Gasteiger partial charge in [-0.15, -0.1) is 0 Å². The molecule has 10 heteroatoms. The molecular formula is C23H27ClN8O. The van der Waals surface area contributed by atoms with Gasteiger partial charge >= 0.3 is 0 Å². The van der Waals surface area contributed by atoms with Crippen molar-refractivity contribution in [2.75, 3.05) is 17.7 Å². The highest BCUT2D eigenvalue weighted by Crippen LogP contribution is 2.23. The standard InChI is InChI=1S/C23H27ClN8O/c1-14(2)8-19(22(33)27-11-16-6-7-17(25-4)9-18(16)24)29-20-10-21(31-23(26-5)30-20)32-12-15(3)28-13-32/h6-7,9-10,12-14,19H,8,11H2,1-3,5H3,(H,27,33)(H2,26,29,30,31).